The number of nitrogens with one attached hydrogen (secondary N) is 2. The molecule has 2 N–H and O–H groups in total. The molecule has 0 saturated heterocycles. The molecular weight excluding hydrogens is 555 g/mol. The molecule has 0 heterocycles. The van der Waals surface area contributed by atoms with Gasteiger partial charge in [-0.2, -0.15) is 0 Å². The van der Waals surface area contributed by atoms with Gasteiger partial charge in [-0.15, -0.1) is 0 Å². The maximum Gasteiger partial charge on any atom is 0.340 e. The second-order valence-electron chi connectivity index (χ2n) is 7.23. The van der Waals surface area contributed by atoms with Crippen LogP contribution in [0, 0.1) is 3.57 Å². The number of ether oxygens (including phenoxy) is 1. The fourth-order valence-corrected chi connectivity index (χ4v) is 4.92. The van der Waals surface area contributed by atoms with Crippen LogP contribution in [0.2, 0.25) is 5.02 Å². The van der Waals surface area contributed by atoms with Crippen molar-refractivity contribution in [3.63, 3.8) is 0 Å². The Bertz CT molecular complexity index is 1050. The number of benzene rings is 2. The highest BCUT2D eigenvalue weighted by atomic mass is 127. The van der Waals surface area contributed by atoms with Gasteiger partial charge in [-0.3, -0.25) is 9.52 Å². The Hall–Kier alpha value is -1.85. The summed E-state index contributed by atoms with van der Waals surface area (Å²) >= 11 is 8.19. The van der Waals surface area contributed by atoms with E-state index in [1.807, 2.05) is 0 Å². The van der Waals surface area contributed by atoms with Gasteiger partial charge in [-0.25, -0.2) is 13.2 Å². The summed E-state index contributed by atoms with van der Waals surface area (Å²) < 4.78 is 33.9. The van der Waals surface area contributed by atoms with Crippen molar-refractivity contribution in [3.05, 3.63) is 56.6 Å². The monoisotopic (exact) mass is 576 g/mol. The summed E-state index contributed by atoms with van der Waals surface area (Å²) in [6.45, 7) is -0.455. The second-order valence-corrected chi connectivity index (χ2v) is 10.6. The molecule has 0 unspecified atom stereocenters. The van der Waals surface area contributed by atoms with Crippen molar-refractivity contribution in [2.24, 2.45) is 0 Å². The maximum atomic E-state index is 12.7. The van der Waals surface area contributed by atoms with Crippen molar-refractivity contribution in [1.29, 1.82) is 0 Å². The van der Waals surface area contributed by atoms with Crippen LogP contribution < -0.4 is 10.0 Å². The van der Waals surface area contributed by atoms with E-state index in [1.54, 1.807) is 24.3 Å². The van der Waals surface area contributed by atoms with Crippen LogP contribution in [-0.2, 0) is 19.6 Å². The number of hydrogen-bond acceptors (Lipinski definition) is 5. The first-order chi connectivity index (χ1) is 14.7. The minimum atomic E-state index is -3.95. The number of halogens is 2. The predicted octanol–water partition coefficient (Wildman–Crippen LogP) is 4.35. The number of rotatable bonds is 7. The summed E-state index contributed by atoms with van der Waals surface area (Å²) in [6.07, 6.45) is 5.13. The molecule has 7 nitrogen and oxygen atoms in total. The number of amides is 1. The summed E-state index contributed by atoms with van der Waals surface area (Å²) in [6, 6.07) is 10.6. The molecule has 1 aliphatic carbocycles. The van der Waals surface area contributed by atoms with Gasteiger partial charge in [-0.05, 0) is 77.9 Å². The van der Waals surface area contributed by atoms with Gasteiger partial charge in [0.25, 0.3) is 15.9 Å². The van der Waals surface area contributed by atoms with Gasteiger partial charge in [-0.1, -0.05) is 30.9 Å². The van der Waals surface area contributed by atoms with Crippen molar-refractivity contribution < 1.29 is 22.7 Å². The molecule has 1 saturated carbocycles. The molecule has 2 aromatic rings. The normalized spacial score (nSPS) is 14.6. The van der Waals surface area contributed by atoms with E-state index in [2.05, 4.69) is 32.6 Å². The molecular formula is C21H22ClIN2O5S. The lowest BCUT2D eigenvalue weighted by atomic mass is 9.95. The van der Waals surface area contributed by atoms with Crippen molar-refractivity contribution in [1.82, 2.24) is 5.32 Å². The summed E-state index contributed by atoms with van der Waals surface area (Å²) in [5, 5.41) is 2.88. The zero-order valence-corrected chi connectivity index (χ0v) is 20.3. The lowest BCUT2D eigenvalue weighted by Crippen LogP contribution is -2.38. The number of carbonyl (C=O) groups is 2. The molecule has 0 spiro atoms. The first-order valence-corrected chi connectivity index (χ1v) is 12.7. The number of anilines is 1. The number of hydrogen-bond donors (Lipinski definition) is 2. The smallest absolute Gasteiger partial charge is 0.340 e. The molecule has 1 aliphatic rings. The number of carbonyl (C=O) groups excluding carboxylic acids is 2. The van der Waals surface area contributed by atoms with E-state index in [0.29, 0.717) is 5.69 Å². The highest BCUT2D eigenvalue weighted by molar-refractivity contribution is 14.1. The third kappa shape index (κ3) is 6.81. The summed E-state index contributed by atoms with van der Waals surface area (Å²) in [4.78, 5) is 24.3. The van der Waals surface area contributed by atoms with Crippen molar-refractivity contribution >= 4 is 61.8 Å². The van der Waals surface area contributed by atoms with Crippen molar-refractivity contribution in [2.75, 3.05) is 11.3 Å². The Morgan fingerprint density at radius 3 is 2.42 bits per heavy atom. The Morgan fingerprint density at radius 2 is 1.74 bits per heavy atom. The summed E-state index contributed by atoms with van der Waals surface area (Å²) in [5.74, 6) is -1.25. The molecule has 166 valence electrons. The molecule has 0 radical (unpaired) electrons. The summed E-state index contributed by atoms with van der Waals surface area (Å²) in [7, 11) is -3.95. The molecule has 31 heavy (non-hydrogen) atoms. The van der Waals surface area contributed by atoms with Crippen LogP contribution in [0.25, 0.3) is 0 Å². The average Bonchev–Trinajstić information content (AvgIpc) is 2.74. The van der Waals surface area contributed by atoms with Crippen molar-refractivity contribution in [2.45, 2.75) is 43.0 Å². The van der Waals surface area contributed by atoms with Crippen LogP contribution >= 0.6 is 34.2 Å². The van der Waals surface area contributed by atoms with Crippen LogP contribution in [0.1, 0.15) is 42.5 Å². The molecule has 1 amide bonds. The minimum Gasteiger partial charge on any atom is -0.452 e. The van der Waals surface area contributed by atoms with Gasteiger partial charge >= 0.3 is 5.97 Å². The Kier molecular flexibility index (Phi) is 8.17. The molecule has 10 heteroatoms. The van der Waals surface area contributed by atoms with Gasteiger partial charge in [0.15, 0.2) is 6.61 Å². The Balaban J connectivity index is 1.65. The highest BCUT2D eigenvalue weighted by Crippen LogP contribution is 2.24. The topological polar surface area (TPSA) is 102 Å². The minimum absolute atomic E-state index is 0.0332. The lowest BCUT2D eigenvalue weighted by Gasteiger charge is -2.22. The zero-order valence-electron chi connectivity index (χ0n) is 16.6. The second kappa shape index (κ2) is 10.6. The van der Waals surface area contributed by atoms with Crippen LogP contribution in [-0.4, -0.2) is 32.9 Å². The van der Waals surface area contributed by atoms with Gasteiger partial charge in [0.1, 0.15) is 0 Å². The molecule has 2 aromatic carbocycles. The van der Waals surface area contributed by atoms with E-state index in [-0.39, 0.29) is 27.4 Å². The molecule has 1 fully saturated rings. The third-order valence-electron chi connectivity index (χ3n) is 4.87. The predicted molar refractivity (Wildman–Crippen MR) is 127 cm³/mol. The van der Waals surface area contributed by atoms with E-state index in [0.717, 1.165) is 41.7 Å². The fraction of sp³-hybridized carbons (Fsp3) is 0.333. The van der Waals surface area contributed by atoms with Gasteiger partial charge < -0.3 is 10.1 Å². The molecule has 0 atom stereocenters. The lowest BCUT2D eigenvalue weighted by molar-refractivity contribution is -0.125. The standard InChI is InChI=1S/C21H22ClIN2O5S/c22-19-11-10-17(31(28,29)25-16-8-6-14(23)7-9-16)12-18(19)21(27)30-13-20(26)24-15-4-2-1-3-5-15/h6-12,15,25H,1-5,13H2,(H,24,26). The molecule has 0 aliphatic heterocycles. The van der Waals surface area contributed by atoms with E-state index in [9.17, 15) is 18.0 Å². The number of esters is 1. The van der Waals surface area contributed by atoms with Crippen LogP contribution in [0.4, 0.5) is 5.69 Å². The first-order valence-electron chi connectivity index (χ1n) is 9.79. The fourth-order valence-electron chi connectivity index (χ4n) is 3.29. The van der Waals surface area contributed by atoms with Crippen LogP contribution in [0.3, 0.4) is 0 Å². The zero-order chi connectivity index (χ0) is 22.4. The van der Waals surface area contributed by atoms with Gasteiger partial charge in [0.05, 0.1) is 15.5 Å². The molecule has 3 rings (SSSR count). The largest absolute Gasteiger partial charge is 0.452 e. The van der Waals surface area contributed by atoms with E-state index >= 15 is 0 Å². The maximum absolute atomic E-state index is 12.7. The van der Waals surface area contributed by atoms with E-state index in [1.165, 1.54) is 12.1 Å². The Morgan fingerprint density at radius 1 is 1.06 bits per heavy atom. The Labute approximate surface area is 200 Å². The summed E-state index contributed by atoms with van der Waals surface area (Å²) in [5.41, 5.74) is 0.261. The first kappa shape index (κ1) is 23.8. The highest BCUT2D eigenvalue weighted by Gasteiger charge is 2.21. The molecule has 0 bridgehead atoms. The van der Waals surface area contributed by atoms with Gasteiger partial charge in [0, 0.05) is 15.3 Å². The van der Waals surface area contributed by atoms with Crippen LogP contribution in [0.15, 0.2) is 47.4 Å². The average molecular weight is 577 g/mol. The number of sulfonamides is 1. The molecule has 0 aromatic heterocycles. The quantitative estimate of drug-likeness (QED) is 0.377. The van der Waals surface area contributed by atoms with E-state index < -0.39 is 22.6 Å². The van der Waals surface area contributed by atoms with E-state index in [4.69, 9.17) is 16.3 Å². The van der Waals surface area contributed by atoms with Gasteiger partial charge in [0.2, 0.25) is 0 Å². The third-order valence-corrected chi connectivity index (χ3v) is 7.30. The van der Waals surface area contributed by atoms with Crippen molar-refractivity contribution in [3.8, 4) is 0 Å². The van der Waals surface area contributed by atoms with Crippen LogP contribution in [0.5, 0.6) is 0 Å². The SMILES string of the molecule is O=C(COC(=O)c1cc(S(=O)(=O)Nc2ccc(I)cc2)ccc1Cl)NC1CCCCC1.